The minimum atomic E-state index is -4.66. The third-order valence-electron chi connectivity index (χ3n) is 7.71. The van der Waals surface area contributed by atoms with E-state index in [9.17, 15) is 30.7 Å². The zero-order valence-corrected chi connectivity index (χ0v) is 21.6. The highest BCUT2D eigenvalue weighted by molar-refractivity contribution is 5.64. The number of rotatable bonds is 9. The van der Waals surface area contributed by atoms with Gasteiger partial charge in [-0.1, -0.05) is 50.5 Å². The Morgan fingerprint density at radius 2 is 1.38 bits per heavy atom. The van der Waals surface area contributed by atoms with Crippen LogP contribution in [-0.2, 0) is 21.4 Å². The Balaban J connectivity index is 1.33. The predicted molar refractivity (Wildman–Crippen MR) is 132 cm³/mol. The van der Waals surface area contributed by atoms with Gasteiger partial charge in [-0.3, -0.25) is 0 Å². The van der Waals surface area contributed by atoms with E-state index in [4.69, 9.17) is 9.47 Å². The summed E-state index contributed by atoms with van der Waals surface area (Å²) in [5, 5.41) is 0. The lowest BCUT2D eigenvalue weighted by Crippen LogP contribution is -2.53. The van der Waals surface area contributed by atoms with Crippen molar-refractivity contribution in [2.24, 2.45) is 5.41 Å². The van der Waals surface area contributed by atoms with Gasteiger partial charge in [0.1, 0.15) is 22.9 Å². The van der Waals surface area contributed by atoms with Crippen LogP contribution in [0.15, 0.2) is 48.5 Å². The molecule has 0 aliphatic carbocycles. The molecule has 0 amide bonds. The lowest BCUT2D eigenvalue weighted by atomic mass is 9.73. The summed E-state index contributed by atoms with van der Waals surface area (Å²) in [5.74, 6) is -10.8. The van der Waals surface area contributed by atoms with Crippen LogP contribution in [0.5, 0.6) is 5.75 Å². The summed E-state index contributed by atoms with van der Waals surface area (Å²) < 4.78 is 115. The Labute approximate surface area is 226 Å². The highest BCUT2D eigenvalue weighted by Gasteiger charge is 2.51. The van der Waals surface area contributed by atoms with Crippen molar-refractivity contribution in [1.82, 2.24) is 0 Å². The monoisotopic (exact) mass is 568 g/mol. The van der Waals surface area contributed by atoms with Gasteiger partial charge < -0.3 is 14.2 Å². The Morgan fingerprint density at radius 3 is 1.90 bits per heavy atom. The molecule has 0 radical (unpaired) electrons. The number of alkyl halides is 2. The van der Waals surface area contributed by atoms with E-state index in [1.54, 1.807) is 24.3 Å². The number of ether oxygens (including phenoxy) is 3. The largest absolute Gasteiger partial charge is 0.432 e. The van der Waals surface area contributed by atoms with Crippen LogP contribution in [-0.4, -0.2) is 13.2 Å². The Bertz CT molecular complexity index is 1320. The van der Waals surface area contributed by atoms with Crippen molar-refractivity contribution in [2.45, 2.75) is 57.3 Å². The fourth-order valence-corrected chi connectivity index (χ4v) is 5.40. The van der Waals surface area contributed by atoms with Crippen molar-refractivity contribution in [2.75, 3.05) is 13.2 Å². The summed E-state index contributed by atoms with van der Waals surface area (Å²) in [6.45, 7) is 3.33. The predicted octanol–water partition coefficient (Wildman–Crippen LogP) is 8.74. The van der Waals surface area contributed by atoms with E-state index in [2.05, 4.69) is 11.7 Å². The topological polar surface area (TPSA) is 27.7 Å². The fraction of sp³-hybridized carbons (Fsp3) is 0.400. The van der Waals surface area contributed by atoms with Gasteiger partial charge in [0.2, 0.25) is 0 Å². The van der Waals surface area contributed by atoms with Crippen molar-refractivity contribution in [3.63, 3.8) is 0 Å². The molecule has 0 N–H and O–H groups in total. The van der Waals surface area contributed by atoms with Crippen molar-refractivity contribution in [1.29, 1.82) is 0 Å². The molecule has 0 saturated carbocycles. The van der Waals surface area contributed by atoms with Crippen LogP contribution in [0.4, 0.5) is 30.7 Å². The summed E-state index contributed by atoms with van der Waals surface area (Å²) >= 11 is 0. The molecular formula is C30H27F7O3. The number of halogens is 7. The van der Waals surface area contributed by atoms with E-state index in [1.165, 1.54) is 0 Å². The van der Waals surface area contributed by atoms with Gasteiger partial charge in [-0.05, 0) is 36.1 Å². The maximum absolute atomic E-state index is 14.8. The van der Waals surface area contributed by atoms with E-state index in [-0.39, 0.29) is 23.1 Å². The molecule has 3 aromatic carbocycles. The first kappa shape index (κ1) is 28.4. The van der Waals surface area contributed by atoms with Crippen LogP contribution in [0, 0.1) is 34.5 Å². The fourth-order valence-electron chi connectivity index (χ4n) is 5.40. The molecule has 3 aliphatic heterocycles. The summed E-state index contributed by atoms with van der Waals surface area (Å²) in [4.78, 5) is 0. The van der Waals surface area contributed by atoms with Gasteiger partial charge >= 0.3 is 6.11 Å². The van der Waals surface area contributed by atoms with Crippen molar-refractivity contribution >= 4 is 0 Å². The highest BCUT2D eigenvalue weighted by atomic mass is 19.3. The minimum Gasteiger partial charge on any atom is -0.429 e. The summed E-state index contributed by atoms with van der Waals surface area (Å²) in [6.07, 6.45) is 1.45. The van der Waals surface area contributed by atoms with Gasteiger partial charge in [-0.2, -0.15) is 8.78 Å². The number of benzene rings is 3. The van der Waals surface area contributed by atoms with E-state index in [0.29, 0.717) is 37.3 Å². The highest BCUT2D eigenvalue weighted by Crippen LogP contribution is 2.51. The van der Waals surface area contributed by atoms with Crippen LogP contribution in [0.3, 0.4) is 0 Å². The Morgan fingerprint density at radius 1 is 0.775 bits per heavy atom. The lowest BCUT2D eigenvalue weighted by molar-refractivity contribution is -0.351. The average molecular weight is 569 g/mol. The standard InChI is InChI=1S/C30H27F7O3/c1-2-3-4-9-28-10-11-29(38-16-28,39-17-28)20-7-5-18(6-8-20)19-12-22(31)26(23(32)13-19)30(36,37)40-21-14-24(33)27(35)25(34)15-21/h5-8,12-15H,2-4,9-11,16-17H2,1H3. The van der Waals surface area contributed by atoms with Crippen LogP contribution in [0.25, 0.3) is 11.1 Å². The molecule has 3 nitrogen and oxygen atoms in total. The van der Waals surface area contributed by atoms with E-state index < -0.39 is 52.3 Å². The Hall–Kier alpha value is -3.11. The summed E-state index contributed by atoms with van der Waals surface area (Å²) in [7, 11) is 0. The lowest BCUT2D eigenvalue weighted by Gasteiger charge is -2.53. The summed E-state index contributed by atoms with van der Waals surface area (Å²) in [6, 6.07) is 8.29. The first-order chi connectivity index (χ1) is 19.0. The molecule has 0 aromatic heterocycles. The van der Waals surface area contributed by atoms with Gasteiger partial charge in [-0.15, -0.1) is 0 Å². The van der Waals surface area contributed by atoms with Gasteiger partial charge in [0.15, 0.2) is 23.2 Å². The molecule has 0 unspecified atom stereocenters. The molecule has 3 aromatic rings. The maximum Gasteiger partial charge on any atom is 0.432 e. The smallest absolute Gasteiger partial charge is 0.429 e. The van der Waals surface area contributed by atoms with Crippen molar-refractivity contribution in [3.8, 4) is 16.9 Å². The second-order valence-electron chi connectivity index (χ2n) is 10.5. The molecule has 3 fully saturated rings. The molecule has 40 heavy (non-hydrogen) atoms. The normalized spacial score (nSPS) is 22.5. The van der Waals surface area contributed by atoms with Gasteiger partial charge in [0, 0.05) is 29.5 Å². The maximum atomic E-state index is 14.8. The van der Waals surface area contributed by atoms with E-state index >= 15 is 0 Å². The summed E-state index contributed by atoms with van der Waals surface area (Å²) in [5.41, 5.74) is -0.670. The second-order valence-corrected chi connectivity index (χ2v) is 10.5. The van der Waals surface area contributed by atoms with Gasteiger partial charge in [0.05, 0.1) is 13.2 Å². The van der Waals surface area contributed by atoms with Gasteiger partial charge in [0.25, 0.3) is 0 Å². The van der Waals surface area contributed by atoms with E-state index in [1.807, 2.05) is 0 Å². The SMILES string of the molecule is CCCCCC12CCC(c3ccc(-c4cc(F)c(C(F)(F)Oc5cc(F)c(F)c(F)c5)c(F)c4)cc3)(OC1)OC2. The van der Waals surface area contributed by atoms with Crippen molar-refractivity contribution in [3.05, 3.63) is 88.7 Å². The molecule has 6 rings (SSSR count). The molecule has 10 heteroatoms. The van der Waals surface area contributed by atoms with Crippen molar-refractivity contribution < 1.29 is 44.9 Å². The molecule has 3 saturated heterocycles. The number of hydrogen-bond acceptors (Lipinski definition) is 3. The van der Waals surface area contributed by atoms with E-state index in [0.717, 1.165) is 37.7 Å². The van der Waals surface area contributed by atoms with Gasteiger partial charge in [-0.25, -0.2) is 22.0 Å². The number of hydrogen-bond donors (Lipinski definition) is 0. The molecule has 0 spiro atoms. The first-order valence-corrected chi connectivity index (χ1v) is 13.1. The quantitative estimate of drug-likeness (QED) is 0.147. The third-order valence-corrected chi connectivity index (χ3v) is 7.71. The molecular weight excluding hydrogens is 541 g/mol. The molecule has 2 bridgehead atoms. The Kier molecular flexibility index (Phi) is 7.60. The zero-order chi connectivity index (χ0) is 28.7. The molecule has 214 valence electrons. The van der Waals surface area contributed by atoms with Crippen LogP contribution in [0.1, 0.15) is 56.6 Å². The van der Waals surface area contributed by atoms with Crippen LogP contribution < -0.4 is 4.74 Å². The second kappa shape index (κ2) is 10.7. The molecule has 0 atom stereocenters. The van der Waals surface area contributed by atoms with Crippen LogP contribution in [0.2, 0.25) is 0 Å². The number of fused-ring (bicyclic) bond motifs is 3. The zero-order valence-electron chi connectivity index (χ0n) is 21.6. The third kappa shape index (κ3) is 5.31. The first-order valence-electron chi connectivity index (χ1n) is 13.1. The number of unbranched alkanes of at least 4 members (excludes halogenated alkanes) is 2. The average Bonchev–Trinajstić information content (AvgIpc) is 2.92. The minimum absolute atomic E-state index is 0.0263. The van der Waals surface area contributed by atoms with Crippen LogP contribution >= 0.6 is 0 Å². The molecule has 3 heterocycles. The molecule has 3 aliphatic rings.